The van der Waals surface area contributed by atoms with E-state index in [4.69, 9.17) is 23.2 Å². The van der Waals surface area contributed by atoms with Crippen molar-refractivity contribution in [2.75, 3.05) is 6.54 Å². The van der Waals surface area contributed by atoms with Crippen LogP contribution in [0.2, 0.25) is 10.0 Å². The summed E-state index contributed by atoms with van der Waals surface area (Å²) in [4.78, 5) is 52.5. The van der Waals surface area contributed by atoms with E-state index in [-0.39, 0.29) is 21.2 Å². The van der Waals surface area contributed by atoms with Gasteiger partial charge in [0.05, 0.1) is 21.9 Å². The number of hydrazine groups is 1. The molecule has 2 atom stereocenters. The van der Waals surface area contributed by atoms with Gasteiger partial charge in [0.2, 0.25) is 0 Å². The number of hydrogen-bond acceptors (Lipinski definition) is 4. The molecule has 2 aliphatic rings. The third-order valence-corrected chi connectivity index (χ3v) is 6.66. The molecule has 0 aromatic heterocycles. The first-order valence-corrected chi connectivity index (χ1v) is 11.0. The Bertz CT molecular complexity index is 1080. The summed E-state index contributed by atoms with van der Waals surface area (Å²) in [6, 6.07) is 8.96. The molecule has 0 N–H and O–H groups in total. The third-order valence-electron chi connectivity index (χ3n) is 5.92. The molecule has 1 saturated heterocycles. The number of carbonyl (C=O) groups is 4. The lowest BCUT2D eigenvalue weighted by molar-refractivity contribution is -0.154. The Morgan fingerprint density at radius 1 is 0.906 bits per heavy atom. The maximum atomic E-state index is 13.4. The summed E-state index contributed by atoms with van der Waals surface area (Å²) in [5.41, 5.74) is 0.219. The molecule has 1 aliphatic carbocycles. The molecule has 1 heterocycles. The van der Waals surface area contributed by atoms with Crippen LogP contribution in [0.25, 0.3) is 0 Å². The van der Waals surface area contributed by atoms with Crippen LogP contribution in [0.15, 0.2) is 42.5 Å². The van der Waals surface area contributed by atoms with Gasteiger partial charge < -0.3 is 0 Å². The van der Waals surface area contributed by atoms with Crippen molar-refractivity contribution in [1.29, 1.82) is 0 Å². The molecule has 1 saturated carbocycles. The number of halogens is 3. The topological polar surface area (TPSA) is 74.8 Å². The zero-order chi connectivity index (χ0) is 23.0. The van der Waals surface area contributed by atoms with Crippen molar-refractivity contribution < 1.29 is 23.6 Å². The maximum Gasteiger partial charge on any atom is 0.273 e. The van der Waals surface area contributed by atoms with Gasteiger partial charge in [0, 0.05) is 11.1 Å². The van der Waals surface area contributed by atoms with Crippen molar-refractivity contribution >= 4 is 46.7 Å². The molecule has 32 heavy (non-hydrogen) atoms. The molecular weight excluding hydrogens is 458 g/mol. The summed E-state index contributed by atoms with van der Waals surface area (Å²) in [5.74, 6) is -3.77. The predicted octanol–water partition coefficient (Wildman–Crippen LogP) is 4.55. The number of Topliss-reactive ketones (excluding diaryl/α,β-unsaturated/α-hetero) is 1. The third kappa shape index (κ3) is 4.14. The number of rotatable bonds is 5. The fourth-order valence-electron chi connectivity index (χ4n) is 4.26. The maximum absolute atomic E-state index is 13.4. The highest BCUT2D eigenvalue weighted by Gasteiger charge is 2.51. The summed E-state index contributed by atoms with van der Waals surface area (Å²) in [5, 5.41) is 2.04. The molecule has 0 unspecified atom stereocenters. The van der Waals surface area contributed by atoms with Crippen molar-refractivity contribution in [1.82, 2.24) is 10.0 Å². The molecular formula is C23H19Cl2FN2O4. The highest BCUT2D eigenvalue weighted by Crippen LogP contribution is 2.39. The molecule has 2 aromatic carbocycles. The van der Waals surface area contributed by atoms with E-state index >= 15 is 0 Å². The molecule has 2 aromatic rings. The second-order valence-electron chi connectivity index (χ2n) is 7.91. The molecule has 0 radical (unpaired) electrons. The summed E-state index contributed by atoms with van der Waals surface area (Å²) < 4.78 is 13.3. The fourth-order valence-corrected chi connectivity index (χ4v) is 4.56. The van der Waals surface area contributed by atoms with Crippen LogP contribution < -0.4 is 0 Å². The molecule has 1 aliphatic heterocycles. The van der Waals surface area contributed by atoms with Gasteiger partial charge in [-0.1, -0.05) is 36.0 Å². The van der Waals surface area contributed by atoms with Crippen LogP contribution in [0, 0.1) is 17.7 Å². The number of ketones is 1. The van der Waals surface area contributed by atoms with Crippen molar-refractivity contribution in [3.8, 4) is 0 Å². The summed E-state index contributed by atoms with van der Waals surface area (Å²) in [6.45, 7) is -0.568. The van der Waals surface area contributed by atoms with Gasteiger partial charge >= 0.3 is 0 Å². The summed E-state index contributed by atoms with van der Waals surface area (Å²) in [7, 11) is 0. The monoisotopic (exact) mass is 476 g/mol. The molecule has 3 amide bonds. The average molecular weight is 477 g/mol. The van der Waals surface area contributed by atoms with Gasteiger partial charge in [0.15, 0.2) is 5.78 Å². The number of carbonyl (C=O) groups excluding carboxylic acids is 4. The van der Waals surface area contributed by atoms with Gasteiger partial charge in [0.25, 0.3) is 17.7 Å². The van der Waals surface area contributed by atoms with Crippen LogP contribution in [-0.4, -0.2) is 40.1 Å². The minimum Gasteiger partial charge on any atom is -0.292 e. The predicted molar refractivity (Wildman–Crippen MR) is 116 cm³/mol. The first kappa shape index (κ1) is 22.4. The number of fused-ring (bicyclic) bond motifs is 1. The second kappa shape index (κ2) is 9.00. The van der Waals surface area contributed by atoms with Gasteiger partial charge in [-0.25, -0.2) is 9.40 Å². The number of amides is 3. The van der Waals surface area contributed by atoms with E-state index in [1.165, 1.54) is 30.3 Å². The zero-order valence-corrected chi connectivity index (χ0v) is 18.4. The van der Waals surface area contributed by atoms with E-state index in [1.54, 1.807) is 0 Å². The van der Waals surface area contributed by atoms with Crippen LogP contribution >= 0.6 is 23.2 Å². The van der Waals surface area contributed by atoms with Crippen molar-refractivity contribution in [3.63, 3.8) is 0 Å². The minimum absolute atomic E-state index is 0.0711. The number of benzene rings is 2. The van der Waals surface area contributed by atoms with Crippen LogP contribution in [0.3, 0.4) is 0 Å². The molecule has 9 heteroatoms. The number of nitrogens with zero attached hydrogens (tertiary/aromatic N) is 2. The SMILES string of the molecule is O=C(CN(C(=O)c1ccc(Cl)c(Cl)c1)N1C(=O)[C@H]2CCCC[C@H]2C1=O)c1ccc(F)cc1. The lowest BCUT2D eigenvalue weighted by Crippen LogP contribution is -2.52. The molecule has 4 rings (SSSR count). The Labute approximate surface area is 193 Å². The quantitative estimate of drug-likeness (QED) is 0.468. The van der Waals surface area contributed by atoms with E-state index < -0.39 is 47.7 Å². The fraction of sp³-hybridized carbons (Fsp3) is 0.304. The Morgan fingerprint density at radius 2 is 1.47 bits per heavy atom. The van der Waals surface area contributed by atoms with Gasteiger partial charge in [-0.15, -0.1) is 0 Å². The molecule has 6 nitrogen and oxygen atoms in total. The van der Waals surface area contributed by atoms with Crippen molar-refractivity contribution in [2.45, 2.75) is 25.7 Å². The molecule has 166 valence electrons. The number of hydrogen-bond donors (Lipinski definition) is 0. The van der Waals surface area contributed by atoms with Gasteiger partial charge in [-0.05, 0) is 55.3 Å². The van der Waals surface area contributed by atoms with Crippen LogP contribution in [0.1, 0.15) is 46.4 Å². The normalized spacial score (nSPS) is 20.3. The lowest BCUT2D eigenvalue weighted by Gasteiger charge is -2.30. The lowest BCUT2D eigenvalue weighted by atomic mass is 9.81. The first-order valence-electron chi connectivity index (χ1n) is 10.2. The molecule has 0 spiro atoms. The number of imide groups is 1. The second-order valence-corrected chi connectivity index (χ2v) is 8.72. The van der Waals surface area contributed by atoms with Crippen molar-refractivity contribution in [2.24, 2.45) is 11.8 Å². The first-order chi connectivity index (χ1) is 15.3. The molecule has 0 bridgehead atoms. The minimum atomic E-state index is -0.737. The largest absolute Gasteiger partial charge is 0.292 e. The Balaban J connectivity index is 1.70. The van der Waals surface area contributed by atoms with E-state index in [1.807, 2.05) is 0 Å². The summed E-state index contributed by atoms with van der Waals surface area (Å²) in [6.07, 6.45) is 2.77. The average Bonchev–Trinajstić information content (AvgIpc) is 3.04. The van der Waals surface area contributed by atoms with Crippen molar-refractivity contribution in [3.05, 3.63) is 69.5 Å². The highest BCUT2D eigenvalue weighted by molar-refractivity contribution is 6.42. The van der Waals surface area contributed by atoms with Gasteiger partial charge in [-0.2, -0.15) is 5.01 Å². The van der Waals surface area contributed by atoms with E-state index in [2.05, 4.69) is 0 Å². The standard InChI is InChI=1S/C23H19Cl2FN2O4/c24-18-10-7-14(11-19(18)25)21(30)27(12-20(29)13-5-8-15(26)9-6-13)28-22(31)16-3-1-2-4-17(16)23(28)32/h5-11,16-17H,1-4,12H2/t16-,17+. The van der Waals surface area contributed by atoms with Crippen LogP contribution in [-0.2, 0) is 9.59 Å². The zero-order valence-electron chi connectivity index (χ0n) is 16.9. The smallest absolute Gasteiger partial charge is 0.273 e. The Morgan fingerprint density at radius 3 is 2.03 bits per heavy atom. The van der Waals surface area contributed by atoms with Crippen LogP contribution in [0.4, 0.5) is 4.39 Å². The van der Waals surface area contributed by atoms with Crippen LogP contribution in [0.5, 0.6) is 0 Å². The molecule has 2 fully saturated rings. The van der Waals surface area contributed by atoms with Gasteiger partial charge in [-0.3, -0.25) is 19.2 Å². The summed E-state index contributed by atoms with van der Waals surface area (Å²) >= 11 is 12.0. The van der Waals surface area contributed by atoms with E-state index in [0.29, 0.717) is 12.8 Å². The highest BCUT2D eigenvalue weighted by atomic mass is 35.5. The Hall–Kier alpha value is -2.77. The Kier molecular flexibility index (Phi) is 6.31. The van der Waals surface area contributed by atoms with E-state index in [0.717, 1.165) is 35.0 Å². The van der Waals surface area contributed by atoms with E-state index in [9.17, 15) is 23.6 Å². The van der Waals surface area contributed by atoms with Gasteiger partial charge in [0.1, 0.15) is 12.4 Å².